The Balaban J connectivity index is 1.79. The smallest absolute Gasteiger partial charge is 0.261 e. The van der Waals surface area contributed by atoms with Gasteiger partial charge in [-0.3, -0.25) is 0 Å². The number of hydrogen-bond acceptors (Lipinski definition) is 4. The van der Waals surface area contributed by atoms with Crippen molar-refractivity contribution in [3.8, 4) is 0 Å². The third kappa shape index (κ3) is 3.67. The minimum Gasteiger partial charge on any atom is -0.431 e. The van der Waals surface area contributed by atoms with E-state index < -0.39 is 13.0 Å². The van der Waals surface area contributed by atoms with Crippen molar-refractivity contribution in [1.29, 1.82) is 0 Å². The monoisotopic (exact) mass is 259 g/mol. The van der Waals surface area contributed by atoms with Crippen LogP contribution in [0, 0.1) is 0 Å². The quantitative estimate of drug-likeness (QED) is 0.589. The van der Waals surface area contributed by atoms with Gasteiger partial charge in [-0.25, -0.2) is 13.8 Å². The maximum atomic E-state index is 11.8. The first-order valence-corrected chi connectivity index (χ1v) is 6.08. The fourth-order valence-corrected chi connectivity index (χ4v) is 1.96. The molecule has 1 aromatic heterocycles. The lowest BCUT2D eigenvalue weighted by atomic mass is 10.3. The van der Waals surface area contributed by atoms with Gasteiger partial charge in [0.1, 0.15) is 12.1 Å². The largest absolute Gasteiger partial charge is 0.431 e. The second kappa shape index (κ2) is 5.97. The van der Waals surface area contributed by atoms with Gasteiger partial charge >= 0.3 is 0 Å². The first-order chi connectivity index (χ1) is 8.25. The predicted octanol–water partition coefficient (Wildman–Crippen LogP) is 3.20. The molecule has 2 rings (SSSR count). The van der Waals surface area contributed by atoms with Crippen molar-refractivity contribution < 1.29 is 17.9 Å². The first-order valence-electron chi connectivity index (χ1n) is 5.10. The van der Waals surface area contributed by atoms with Crippen molar-refractivity contribution >= 4 is 22.9 Å². The number of benzene rings is 1. The SMILES string of the molecule is FC(F)COCCSc1nc2ccccc2o1. The molecular weight excluding hydrogens is 248 g/mol. The summed E-state index contributed by atoms with van der Waals surface area (Å²) in [5, 5.41) is 0.534. The molecule has 0 aliphatic rings. The minimum absolute atomic E-state index is 0.258. The van der Waals surface area contributed by atoms with Gasteiger partial charge in [-0.05, 0) is 12.1 Å². The lowest BCUT2D eigenvalue weighted by molar-refractivity contribution is 0.0237. The summed E-state index contributed by atoms with van der Waals surface area (Å²) in [4.78, 5) is 4.24. The van der Waals surface area contributed by atoms with Crippen LogP contribution in [0.25, 0.3) is 11.1 Å². The van der Waals surface area contributed by atoms with Crippen LogP contribution < -0.4 is 0 Å². The number of alkyl halides is 2. The molecule has 0 saturated heterocycles. The number of ether oxygens (including phenoxy) is 1. The molecule has 2 aromatic rings. The summed E-state index contributed by atoms with van der Waals surface area (Å²) in [6, 6.07) is 7.44. The summed E-state index contributed by atoms with van der Waals surface area (Å²) in [5.41, 5.74) is 1.52. The highest BCUT2D eigenvalue weighted by molar-refractivity contribution is 7.99. The Morgan fingerprint density at radius 3 is 2.94 bits per heavy atom. The number of para-hydroxylation sites is 2. The third-order valence-corrected chi connectivity index (χ3v) is 2.76. The maximum absolute atomic E-state index is 11.8. The number of halogens is 2. The number of fused-ring (bicyclic) bond motifs is 1. The van der Waals surface area contributed by atoms with E-state index in [9.17, 15) is 8.78 Å². The number of aromatic nitrogens is 1. The average molecular weight is 259 g/mol. The van der Waals surface area contributed by atoms with Gasteiger partial charge in [-0.2, -0.15) is 0 Å². The van der Waals surface area contributed by atoms with Crippen LogP contribution in [0.3, 0.4) is 0 Å². The molecule has 3 nitrogen and oxygen atoms in total. The molecule has 0 amide bonds. The Labute approximate surface area is 101 Å². The highest BCUT2D eigenvalue weighted by Crippen LogP contribution is 2.22. The summed E-state index contributed by atoms with van der Waals surface area (Å²) in [6.07, 6.45) is -2.41. The topological polar surface area (TPSA) is 35.3 Å². The van der Waals surface area contributed by atoms with Gasteiger partial charge in [0, 0.05) is 5.75 Å². The second-order valence-corrected chi connectivity index (χ2v) is 4.31. The van der Waals surface area contributed by atoms with E-state index in [4.69, 9.17) is 9.15 Å². The molecule has 0 aliphatic carbocycles. The van der Waals surface area contributed by atoms with Gasteiger partial charge in [0.25, 0.3) is 11.6 Å². The highest BCUT2D eigenvalue weighted by atomic mass is 32.2. The van der Waals surface area contributed by atoms with Gasteiger partial charge in [0.05, 0.1) is 6.61 Å². The molecule has 1 heterocycles. The summed E-state index contributed by atoms with van der Waals surface area (Å²) < 4.78 is 33.7. The molecule has 0 bridgehead atoms. The Morgan fingerprint density at radius 2 is 2.18 bits per heavy atom. The van der Waals surface area contributed by atoms with Crippen LogP contribution in [0.5, 0.6) is 0 Å². The molecule has 0 N–H and O–H groups in total. The van der Waals surface area contributed by atoms with E-state index in [0.29, 0.717) is 11.0 Å². The number of nitrogens with zero attached hydrogens (tertiary/aromatic N) is 1. The Bertz CT molecular complexity index is 442. The molecule has 0 radical (unpaired) electrons. The zero-order chi connectivity index (χ0) is 12.1. The fraction of sp³-hybridized carbons (Fsp3) is 0.364. The third-order valence-electron chi connectivity index (χ3n) is 1.97. The van der Waals surface area contributed by atoms with Gasteiger partial charge in [0.15, 0.2) is 5.58 Å². The van der Waals surface area contributed by atoms with Crippen LogP contribution >= 0.6 is 11.8 Å². The molecule has 0 unspecified atom stereocenters. The Kier molecular flexibility index (Phi) is 4.33. The summed E-state index contributed by atoms with van der Waals surface area (Å²) >= 11 is 1.35. The molecule has 0 spiro atoms. The lowest BCUT2D eigenvalue weighted by Gasteiger charge is -2.00. The molecular formula is C11H11F2NO2S. The summed E-state index contributed by atoms with van der Waals surface area (Å²) in [7, 11) is 0. The lowest BCUT2D eigenvalue weighted by Crippen LogP contribution is -2.06. The molecule has 0 saturated carbocycles. The van der Waals surface area contributed by atoms with Gasteiger partial charge in [-0.1, -0.05) is 23.9 Å². The maximum Gasteiger partial charge on any atom is 0.261 e. The van der Waals surface area contributed by atoms with E-state index in [1.54, 1.807) is 0 Å². The van der Waals surface area contributed by atoms with Gasteiger partial charge < -0.3 is 9.15 Å². The van der Waals surface area contributed by atoms with Crippen molar-refractivity contribution in [2.24, 2.45) is 0 Å². The average Bonchev–Trinajstić information content (AvgIpc) is 2.70. The van der Waals surface area contributed by atoms with Crippen LogP contribution in [0.15, 0.2) is 33.9 Å². The van der Waals surface area contributed by atoms with Crippen molar-refractivity contribution in [3.05, 3.63) is 24.3 Å². The summed E-state index contributed by atoms with van der Waals surface area (Å²) in [6.45, 7) is -0.262. The van der Waals surface area contributed by atoms with Gasteiger partial charge in [-0.15, -0.1) is 0 Å². The molecule has 6 heteroatoms. The van der Waals surface area contributed by atoms with Crippen LogP contribution in [0.1, 0.15) is 0 Å². The van der Waals surface area contributed by atoms with E-state index in [1.165, 1.54) is 11.8 Å². The van der Waals surface area contributed by atoms with E-state index in [-0.39, 0.29) is 6.61 Å². The normalized spacial score (nSPS) is 11.5. The molecule has 0 fully saturated rings. The molecule has 17 heavy (non-hydrogen) atoms. The Morgan fingerprint density at radius 1 is 1.35 bits per heavy atom. The van der Waals surface area contributed by atoms with Crippen molar-refractivity contribution in [2.75, 3.05) is 19.0 Å². The van der Waals surface area contributed by atoms with Crippen LogP contribution in [-0.2, 0) is 4.74 Å². The van der Waals surface area contributed by atoms with Crippen LogP contribution in [-0.4, -0.2) is 30.4 Å². The summed E-state index contributed by atoms with van der Waals surface area (Å²) in [5.74, 6) is 0.541. The van der Waals surface area contributed by atoms with E-state index >= 15 is 0 Å². The van der Waals surface area contributed by atoms with E-state index in [2.05, 4.69) is 4.98 Å². The standard InChI is InChI=1S/C11H11F2NO2S/c12-10(13)7-15-5-6-17-11-14-8-3-1-2-4-9(8)16-11/h1-4,10H,5-7H2. The van der Waals surface area contributed by atoms with E-state index in [1.807, 2.05) is 24.3 Å². The zero-order valence-corrected chi connectivity index (χ0v) is 9.75. The number of oxazole rings is 1. The number of hydrogen-bond donors (Lipinski definition) is 0. The number of rotatable bonds is 6. The number of thioether (sulfide) groups is 1. The van der Waals surface area contributed by atoms with Gasteiger partial charge in [0.2, 0.25) is 0 Å². The first kappa shape index (κ1) is 12.3. The van der Waals surface area contributed by atoms with Crippen molar-refractivity contribution in [1.82, 2.24) is 4.98 Å². The highest BCUT2D eigenvalue weighted by Gasteiger charge is 2.06. The van der Waals surface area contributed by atoms with Crippen LogP contribution in [0.4, 0.5) is 8.78 Å². The van der Waals surface area contributed by atoms with Crippen LogP contribution in [0.2, 0.25) is 0 Å². The molecule has 1 aromatic carbocycles. The molecule has 0 aliphatic heterocycles. The zero-order valence-electron chi connectivity index (χ0n) is 8.94. The minimum atomic E-state index is -2.41. The predicted molar refractivity (Wildman–Crippen MR) is 61.6 cm³/mol. The van der Waals surface area contributed by atoms with Crippen molar-refractivity contribution in [3.63, 3.8) is 0 Å². The van der Waals surface area contributed by atoms with E-state index in [0.717, 1.165) is 11.1 Å². The molecule has 92 valence electrons. The second-order valence-electron chi connectivity index (χ2n) is 3.26. The Hall–Kier alpha value is -1.14. The fourth-order valence-electron chi connectivity index (χ4n) is 1.27. The van der Waals surface area contributed by atoms with Crippen molar-refractivity contribution in [2.45, 2.75) is 11.6 Å². The molecule has 0 atom stereocenters.